The van der Waals surface area contributed by atoms with Crippen LogP contribution in [-0.4, -0.2) is 46.8 Å². The number of urea groups is 1. The van der Waals surface area contributed by atoms with Gasteiger partial charge in [0.05, 0.1) is 30.2 Å². The van der Waals surface area contributed by atoms with Crippen LogP contribution in [0.3, 0.4) is 0 Å². The minimum Gasteiger partial charge on any atom is -0.459 e. The molecule has 0 bridgehead atoms. The summed E-state index contributed by atoms with van der Waals surface area (Å²) >= 11 is 0. The van der Waals surface area contributed by atoms with E-state index in [0.29, 0.717) is 41.5 Å². The topological polar surface area (TPSA) is 122 Å². The molecule has 10 nitrogen and oxygen atoms in total. The Kier molecular flexibility index (Phi) is 7.24. The van der Waals surface area contributed by atoms with Crippen molar-refractivity contribution in [1.29, 1.82) is 0 Å². The van der Waals surface area contributed by atoms with Crippen molar-refractivity contribution in [2.24, 2.45) is 5.92 Å². The van der Waals surface area contributed by atoms with Gasteiger partial charge < -0.3 is 30.0 Å². The summed E-state index contributed by atoms with van der Waals surface area (Å²) in [5, 5.41) is 9.19. The van der Waals surface area contributed by atoms with E-state index in [1.807, 2.05) is 46.4 Å². The summed E-state index contributed by atoms with van der Waals surface area (Å²) in [5.41, 5.74) is 1.23. The van der Waals surface area contributed by atoms with Crippen LogP contribution >= 0.6 is 0 Å². The lowest BCUT2D eigenvalue weighted by atomic mass is 9.98. The van der Waals surface area contributed by atoms with Crippen LogP contribution in [0.15, 0.2) is 35.0 Å². The first-order valence-corrected chi connectivity index (χ1v) is 12.2. The van der Waals surface area contributed by atoms with Crippen molar-refractivity contribution in [3.63, 3.8) is 0 Å². The van der Waals surface area contributed by atoms with Gasteiger partial charge in [-0.05, 0) is 51.8 Å². The number of anilines is 2. The third-order valence-electron chi connectivity index (χ3n) is 5.95. The predicted molar refractivity (Wildman–Crippen MR) is 138 cm³/mol. The van der Waals surface area contributed by atoms with Gasteiger partial charge in [-0.25, -0.2) is 23.9 Å². The van der Waals surface area contributed by atoms with Crippen LogP contribution < -0.4 is 20.9 Å². The Morgan fingerprint density at radius 3 is 2.49 bits per heavy atom. The molecule has 0 spiro atoms. The van der Waals surface area contributed by atoms with E-state index in [2.05, 4.69) is 25.9 Å². The number of hydrogen-bond donors (Lipinski definition) is 3. The van der Waals surface area contributed by atoms with E-state index < -0.39 is 23.8 Å². The van der Waals surface area contributed by atoms with Crippen molar-refractivity contribution in [2.45, 2.75) is 59.2 Å². The fraction of sp³-hybridized carbons (Fsp3) is 0.462. The number of halogens is 1. The van der Waals surface area contributed by atoms with Crippen molar-refractivity contribution < 1.29 is 23.1 Å². The van der Waals surface area contributed by atoms with Crippen LogP contribution in [-0.2, 0) is 4.74 Å². The number of carbonyl (C=O) groups is 2. The van der Waals surface area contributed by atoms with Crippen LogP contribution in [0.2, 0.25) is 0 Å². The van der Waals surface area contributed by atoms with Gasteiger partial charge in [-0.1, -0.05) is 13.8 Å². The normalized spacial score (nSPS) is 14.9. The first-order chi connectivity index (χ1) is 17.4. The third kappa shape index (κ3) is 6.28. The summed E-state index contributed by atoms with van der Waals surface area (Å²) in [4.78, 5) is 35.2. The SMILES string of the molecule is Cc1c([C@@H](NC(=O)Nc2cnc(N3CC(NC(=O)OC(C)(C)C)C3)nc2)C(C)C)oc2ccc(F)cc12. The fourth-order valence-corrected chi connectivity index (χ4v) is 4.11. The molecule has 1 aliphatic heterocycles. The second-order valence-corrected chi connectivity index (χ2v) is 10.6. The van der Waals surface area contributed by atoms with Gasteiger partial charge in [0.2, 0.25) is 5.95 Å². The van der Waals surface area contributed by atoms with Gasteiger partial charge in [-0.2, -0.15) is 0 Å². The smallest absolute Gasteiger partial charge is 0.407 e. The molecule has 3 amide bonds. The quantitative estimate of drug-likeness (QED) is 0.429. The van der Waals surface area contributed by atoms with E-state index in [1.165, 1.54) is 24.5 Å². The first kappa shape index (κ1) is 26.2. The first-order valence-electron chi connectivity index (χ1n) is 12.2. The molecule has 37 heavy (non-hydrogen) atoms. The maximum Gasteiger partial charge on any atom is 0.407 e. The number of aromatic nitrogens is 2. The summed E-state index contributed by atoms with van der Waals surface area (Å²) in [5.74, 6) is 0.761. The van der Waals surface area contributed by atoms with Crippen LogP contribution in [0.1, 0.15) is 52.0 Å². The van der Waals surface area contributed by atoms with Crippen LogP contribution in [0.4, 0.5) is 25.6 Å². The van der Waals surface area contributed by atoms with Gasteiger partial charge in [-0.15, -0.1) is 0 Å². The summed E-state index contributed by atoms with van der Waals surface area (Å²) in [6.07, 6.45) is 2.60. The summed E-state index contributed by atoms with van der Waals surface area (Å²) in [7, 11) is 0. The lowest BCUT2D eigenvalue weighted by molar-refractivity contribution is 0.0495. The number of furan rings is 1. The van der Waals surface area contributed by atoms with Gasteiger partial charge in [0, 0.05) is 24.0 Å². The average Bonchev–Trinajstić information content (AvgIpc) is 3.09. The lowest BCUT2D eigenvalue weighted by Gasteiger charge is -2.39. The van der Waals surface area contributed by atoms with Crippen LogP contribution in [0, 0.1) is 18.7 Å². The van der Waals surface area contributed by atoms with E-state index >= 15 is 0 Å². The second kappa shape index (κ2) is 10.2. The number of amides is 3. The molecule has 1 aromatic carbocycles. The molecule has 3 N–H and O–H groups in total. The second-order valence-electron chi connectivity index (χ2n) is 10.6. The number of ether oxygens (including phenoxy) is 1. The summed E-state index contributed by atoms with van der Waals surface area (Å²) in [6, 6.07) is 3.46. The molecule has 0 radical (unpaired) electrons. The Balaban J connectivity index is 1.33. The zero-order valence-electron chi connectivity index (χ0n) is 21.9. The Morgan fingerprint density at radius 2 is 1.86 bits per heavy atom. The van der Waals surface area contributed by atoms with Gasteiger partial charge in [0.15, 0.2) is 0 Å². The van der Waals surface area contributed by atoms with Crippen LogP contribution in [0.5, 0.6) is 0 Å². The van der Waals surface area contributed by atoms with Crippen LogP contribution in [0.25, 0.3) is 11.0 Å². The summed E-state index contributed by atoms with van der Waals surface area (Å²) in [6.45, 7) is 12.3. The minimum atomic E-state index is -0.550. The van der Waals surface area contributed by atoms with Crippen molar-refractivity contribution in [2.75, 3.05) is 23.3 Å². The molecule has 2 aromatic heterocycles. The van der Waals surface area contributed by atoms with E-state index in [4.69, 9.17) is 9.15 Å². The van der Waals surface area contributed by atoms with Gasteiger partial charge in [-0.3, -0.25) is 0 Å². The molecule has 1 fully saturated rings. The van der Waals surface area contributed by atoms with E-state index in [-0.39, 0.29) is 17.8 Å². The number of benzene rings is 1. The van der Waals surface area contributed by atoms with Gasteiger partial charge >= 0.3 is 12.1 Å². The van der Waals surface area contributed by atoms with Crippen molar-refractivity contribution in [3.05, 3.63) is 47.7 Å². The number of aryl methyl sites for hydroxylation is 1. The molecule has 0 unspecified atom stereocenters. The number of rotatable bonds is 6. The zero-order chi connectivity index (χ0) is 26.9. The molecule has 1 saturated heterocycles. The number of hydrogen-bond acceptors (Lipinski definition) is 7. The standard InChI is InChI=1S/C26H33FN6O4/c1-14(2)21(22-15(3)19-9-16(27)7-8-20(19)36-22)32-24(34)30-17-10-28-23(29-11-17)33-12-18(13-33)31-25(35)37-26(4,5)6/h7-11,14,18,21H,12-13H2,1-6H3,(H,31,35)(H2,30,32,34)/t21-/m0/s1. The largest absolute Gasteiger partial charge is 0.459 e. The molecule has 4 rings (SSSR count). The monoisotopic (exact) mass is 512 g/mol. The lowest BCUT2D eigenvalue weighted by Crippen LogP contribution is -2.60. The Labute approximate surface area is 215 Å². The predicted octanol–water partition coefficient (Wildman–Crippen LogP) is 4.90. The van der Waals surface area contributed by atoms with Gasteiger partial charge in [0.25, 0.3) is 0 Å². The number of nitrogens with one attached hydrogen (secondary N) is 3. The van der Waals surface area contributed by atoms with E-state index in [9.17, 15) is 14.0 Å². The third-order valence-corrected chi connectivity index (χ3v) is 5.95. The molecule has 3 aromatic rings. The number of carbonyl (C=O) groups excluding carboxylic acids is 2. The minimum absolute atomic E-state index is 0.0159. The van der Waals surface area contributed by atoms with E-state index in [1.54, 1.807) is 6.07 Å². The Hall–Kier alpha value is -3.89. The Bertz CT molecular complexity index is 1280. The summed E-state index contributed by atoms with van der Waals surface area (Å²) < 4.78 is 24.9. The highest BCUT2D eigenvalue weighted by atomic mass is 19.1. The molecular weight excluding hydrogens is 479 g/mol. The number of fused-ring (bicyclic) bond motifs is 1. The molecule has 3 heterocycles. The molecule has 1 atom stereocenters. The molecule has 11 heteroatoms. The highest BCUT2D eigenvalue weighted by Gasteiger charge is 2.31. The van der Waals surface area contributed by atoms with Crippen molar-refractivity contribution in [3.8, 4) is 0 Å². The maximum absolute atomic E-state index is 13.7. The van der Waals surface area contributed by atoms with Crippen molar-refractivity contribution in [1.82, 2.24) is 20.6 Å². The zero-order valence-corrected chi connectivity index (χ0v) is 21.9. The molecule has 1 aliphatic rings. The molecule has 0 saturated carbocycles. The molecule has 0 aliphatic carbocycles. The average molecular weight is 513 g/mol. The highest BCUT2D eigenvalue weighted by Crippen LogP contribution is 2.33. The molecule has 198 valence electrons. The number of alkyl carbamates (subject to hydrolysis) is 1. The molecular formula is C26H33FN6O4. The fourth-order valence-electron chi connectivity index (χ4n) is 4.11. The van der Waals surface area contributed by atoms with Gasteiger partial charge in [0.1, 0.15) is 22.8 Å². The van der Waals surface area contributed by atoms with Crippen molar-refractivity contribution >= 4 is 34.7 Å². The highest BCUT2D eigenvalue weighted by molar-refractivity contribution is 5.89. The Morgan fingerprint density at radius 1 is 1.19 bits per heavy atom. The van der Waals surface area contributed by atoms with E-state index in [0.717, 1.165) is 5.56 Å². The maximum atomic E-state index is 13.7. The number of nitrogens with zero attached hydrogens (tertiary/aromatic N) is 3.